The van der Waals surface area contributed by atoms with Gasteiger partial charge in [0.25, 0.3) is 0 Å². The number of carbonyl (C=O) groups is 1. The zero-order valence-corrected chi connectivity index (χ0v) is 19.6. The SMILES string of the molecule is CC1(C)c2ccccc2N2CC(=O)N(Cc3ccccc3)[C@]21/C=C/c1ccc(Cl)cc1Cl. The first-order chi connectivity index (χ1) is 15.3. The molecule has 32 heavy (non-hydrogen) atoms. The summed E-state index contributed by atoms with van der Waals surface area (Å²) in [5.74, 6) is 0.114. The highest BCUT2D eigenvalue weighted by Crippen LogP contribution is 2.56. The summed E-state index contributed by atoms with van der Waals surface area (Å²) in [6, 6.07) is 24.0. The highest BCUT2D eigenvalue weighted by Gasteiger charge is 2.63. The van der Waals surface area contributed by atoms with E-state index in [2.05, 4.69) is 55.2 Å². The Morgan fingerprint density at radius 1 is 0.969 bits per heavy atom. The zero-order valence-electron chi connectivity index (χ0n) is 18.1. The highest BCUT2D eigenvalue weighted by molar-refractivity contribution is 6.35. The maximum Gasteiger partial charge on any atom is 0.244 e. The van der Waals surface area contributed by atoms with Gasteiger partial charge in [-0.05, 0) is 41.0 Å². The number of nitrogens with zero attached hydrogens (tertiary/aromatic N) is 2. The lowest BCUT2D eigenvalue weighted by atomic mass is 9.74. The molecule has 2 aliphatic heterocycles. The van der Waals surface area contributed by atoms with Gasteiger partial charge in [-0.25, -0.2) is 0 Å². The summed E-state index contributed by atoms with van der Waals surface area (Å²) in [4.78, 5) is 17.7. The standard InChI is InChI=1S/C27H24Cl2N2O/c1-26(2)22-10-6-7-11-24(22)30-18-25(32)31(17-19-8-4-3-5-9-19)27(26,30)15-14-20-12-13-21(28)16-23(20)29/h3-16H,17-18H2,1-2H3/b15-14+/t27-/m0/s1. The van der Waals surface area contributed by atoms with Crippen molar-refractivity contribution in [3.05, 3.63) is 106 Å². The molecule has 0 saturated carbocycles. The van der Waals surface area contributed by atoms with Crippen molar-refractivity contribution in [1.29, 1.82) is 0 Å². The van der Waals surface area contributed by atoms with E-state index >= 15 is 0 Å². The molecule has 0 spiro atoms. The number of benzene rings is 3. The summed E-state index contributed by atoms with van der Waals surface area (Å²) in [7, 11) is 0. The second-order valence-corrected chi connectivity index (χ2v) is 9.76. The smallest absolute Gasteiger partial charge is 0.244 e. The predicted octanol–water partition coefficient (Wildman–Crippen LogP) is 6.54. The van der Waals surface area contributed by atoms with E-state index in [0.29, 0.717) is 23.1 Å². The van der Waals surface area contributed by atoms with Gasteiger partial charge in [-0.3, -0.25) is 4.79 Å². The molecule has 0 N–H and O–H groups in total. The number of hydrogen-bond acceptors (Lipinski definition) is 2. The lowest BCUT2D eigenvalue weighted by Crippen LogP contribution is -2.60. The lowest BCUT2D eigenvalue weighted by molar-refractivity contribution is -0.131. The van der Waals surface area contributed by atoms with Crippen LogP contribution in [0.1, 0.15) is 30.5 Å². The third-order valence-corrected chi connectivity index (χ3v) is 7.41. The first-order valence-corrected chi connectivity index (χ1v) is 11.5. The lowest BCUT2D eigenvalue weighted by Gasteiger charge is -2.46. The molecule has 0 aliphatic carbocycles. The van der Waals surface area contributed by atoms with Crippen LogP contribution >= 0.6 is 23.2 Å². The molecule has 0 radical (unpaired) electrons. The van der Waals surface area contributed by atoms with Crippen LogP contribution in [-0.2, 0) is 16.8 Å². The predicted molar refractivity (Wildman–Crippen MR) is 132 cm³/mol. The Morgan fingerprint density at radius 2 is 1.69 bits per heavy atom. The van der Waals surface area contributed by atoms with Crippen molar-refractivity contribution in [3.8, 4) is 0 Å². The Morgan fingerprint density at radius 3 is 2.44 bits per heavy atom. The molecule has 3 aromatic rings. The fourth-order valence-corrected chi connectivity index (χ4v) is 5.73. The minimum Gasteiger partial charge on any atom is -0.335 e. The van der Waals surface area contributed by atoms with Crippen molar-refractivity contribution in [1.82, 2.24) is 4.90 Å². The number of amides is 1. The van der Waals surface area contributed by atoms with E-state index in [1.807, 2.05) is 47.4 Å². The Hall–Kier alpha value is -2.75. The van der Waals surface area contributed by atoms with Gasteiger partial charge in [0, 0.05) is 27.7 Å². The maximum absolute atomic E-state index is 13.4. The summed E-state index contributed by atoms with van der Waals surface area (Å²) >= 11 is 12.6. The molecule has 5 rings (SSSR count). The van der Waals surface area contributed by atoms with Gasteiger partial charge in [-0.1, -0.05) is 97.7 Å². The van der Waals surface area contributed by atoms with Crippen molar-refractivity contribution in [2.24, 2.45) is 0 Å². The van der Waals surface area contributed by atoms with Crippen molar-refractivity contribution < 1.29 is 4.79 Å². The quantitative estimate of drug-likeness (QED) is 0.439. The normalized spacial score (nSPS) is 21.3. The molecule has 162 valence electrons. The molecule has 1 atom stereocenters. The number of para-hydroxylation sites is 1. The minimum absolute atomic E-state index is 0.114. The van der Waals surface area contributed by atoms with E-state index in [4.69, 9.17) is 23.2 Å². The van der Waals surface area contributed by atoms with Crippen LogP contribution in [0.25, 0.3) is 6.08 Å². The van der Waals surface area contributed by atoms with Crippen molar-refractivity contribution in [2.45, 2.75) is 31.5 Å². The number of hydrogen-bond donors (Lipinski definition) is 0. The molecule has 1 amide bonds. The second-order valence-electron chi connectivity index (χ2n) is 8.92. The van der Waals surface area contributed by atoms with E-state index in [-0.39, 0.29) is 11.3 Å². The molecule has 3 nitrogen and oxygen atoms in total. The molecule has 0 aromatic heterocycles. The van der Waals surface area contributed by atoms with E-state index in [0.717, 1.165) is 16.8 Å². The summed E-state index contributed by atoms with van der Waals surface area (Å²) in [6.07, 6.45) is 4.17. The summed E-state index contributed by atoms with van der Waals surface area (Å²) in [5.41, 5.74) is 3.31. The maximum atomic E-state index is 13.4. The Kier molecular flexibility index (Phi) is 5.07. The summed E-state index contributed by atoms with van der Waals surface area (Å²) in [6.45, 7) is 5.31. The molecule has 1 saturated heterocycles. The van der Waals surface area contributed by atoms with E-state index in [1.54, 1.807) is 6.07 Å². The van der Waals surface area contributed by atoms with Crippen LogP contribution in [0.5, 0.6) is 0 Å². The average Bonchev–Trinajstić information content (AvgIpc) is 3.16. The number of fused-ring (bicyclic) bond motifs is 3. The fraction of sp³-hybridized carbons (Fsp3) is 0.222. The minimum atomic E-state index is -0.660. The first-order valence-electron chi connectivity index (χ1n) is 10.7. The fourth-order valence-electron chi connectivity index (χ4n) is 5.26. The van der Waals surface area contributed by atoms with Gasteiger partial charge in [0.2, 0.25) is 5.91 Å². The number of halogens is 2. The first kappa shape index (κ1) is 21.1. The van der Waals surface area contributed by atoms with Gasteiger partial charge in [0.05, 0.1) is 6.54 Å². The van der Waals surface area contributed by atoms with Crippen molar-refractivity contribution in [3.63, 3.8) is 0 Å². The van der Waals surface area contributed by atoms with Crippen molar-refractivity contribution in [2.75, 3.05) is 11.4 Å². The van der Waals surface area contributed by atoms with Gasteiger partial charge in [0.1, 0.15) is 5.66 Å². The Bertz CT molecular complexity index is 1220. The van der Waals surface area contributed by atoms with Gasteiger partial charge < -0.3 is 9.80 Å². The Labute approximate surface area is 198 Å². The Balaban J connectivity index is 1.68. The van der Waals surface area contributed by atoms with E-state index in [9.17, 15) is 4.79 Å². The molecule has 0 unspecified atom stereocenters. The molecular weight excluding hydrogens is 439 g/mol. The summed E-state index contributed by atoms with van der Waals surface area (Å²) in [5, 5.41) is 1.19. The third kappa shape index (κ3) is 3.07. The van der Waals surface area contributed by atoms with Gasteiger partial charge in [0.15, 0.2) is 0 Å². The van der Waals surface area contributed by atoms with Gasteiger partial charge in [-0.15, -0.1) is 0 Å². The molecule has 3 aromatic carbocycles. The van der Waals surface area contributed by atoms with Gasteiger partial charge in [-0.2, -0.15) is 0 Å². The molecule has 1 fully saturated rings. The third-order valence-electron chi connectivity index (χ3n) is 6.85. The van der Waals surface area contributed by atoms with Crippen LogP contribution in [0.2, 0.25) is 10.0 Å². The van der Waals surface area contributed by atoms with E-state index < -0.39 is 5.66 Å². The highest BCUT2D eigenvalue weighted by atomic mass is 35.5. The second kappa shape index (κ2) is 7.68. The summed E-state index contributed by atoms with van der Waals surface area (Å²) < 4.78 is 0. The average molecular weight is 463 g/mol. The van der Waals surface area contributed by atoms with Crippen LogP contribution in [0, 0.1) is 0 Å². The largest absolute Gasteiger partial charge is 0.335 e. The number of anilines is 1. The van der Waals surface area contributed by atoms with Crippen molar-refractivity contribution >= 4 is 40.9 Å². The van der Waals surface area contributed by atoms with Crippen LogP contribution in [0.4, 0.5) is 5.69 Å². The number of rotatable bonds is 4. The van der Waals surface area contributed by atoms with E-state index in [1.165, 1.54) is 5.56 Å². The van der Waals surface area contributed by atoms with Crippen LogP contribution in [0.3, 0.4) is 0 Å². The molecular formula is C27H24Cl2N2O. The molecule has 2 heterocycles. The monoisotopic (exact) mass is 462 g/mol. The number of carbonyl (C=O) groups excluding carboxylic acids is 1. The van der Waals surface area contributed by atoms with Crippen LogP contribution in [-0.4, -0.2) is 23.0 Å². The molecule has 0 bridgehead atoms. The van der Waals surface area contributed by atoms with Gasteiger partial charge >= 0.3 is 0 Å². The molecule has 2 aliphatic rings. The van der Waals surface area contributed by atoms with Crippen LogP contribution < -0.4 is 4.90 Å². The van der Waals surface area contributed by atoms with Crippen LogP contribution in [0.15, 0.2) is 78.9 Å². The molecule has 5 heteroatoms. The topological polar surface area (TPSA) is 23.6 Å². The zero-order chi connectivity index (χ0) is 22.5.